The number of aromatic nitrogens is 2. The van der Waals surface area contributed by atoms with Gasteiger partial charge in [-0.1, -0.05) is 12.1 Å². The molecule has 1 aliphatic carbocycles. The zero-order chi connectivity index (χ0) is 13.9. The van der Waals surface area contributed by atoms with Crippen LogP contribution in [-0.4, -0.2) is 15.7 Å². The van der Waals surface area contributed by atoms with Crippen LogP contribution in [0.1, 0.15) is 24.0 Å². The summed E-state index contributed by atoms with van der Waals surface area (Å²) in [5.41, 5.74) is 9.73. The van der Waals surface area contributed by atoms with E-state index in [2.05, 4.69) is 16.5 Å². The molecule has 5 heteroatoms. The summed E-state index contributed by atoms with van der Waals surface area (Å²) in [6.07, 6.45) is 7.76. The van der Waals surface area contributed by atoms with Gasteiger partial charge in [-0.25, -0.2) is 0 Å². The van der Waals surface area contributed by atoms with Crippen LogP contribution in [-0.2, 0) is 24.2 Å². The summed E-state index contributed by atoms with van der Waals surface area (Å²) in [4.78, 5) is 12.1. The van der Waals surface area contributed by atoms with Gasteiger partial charge in [-0.05, 0) is 42.9 Å². The van der Waals surface area contributed by atoms with E-state index in [1.54, 1.807) is 10.9 Å². The molecule has 0 radical (unpaired) electrons. The molecular weight excluding hydrogens is 252 g/mol. The van der Waals surface area contributed by atoms with E-state index in [1.807, 2.05) is 12.1 Å². The van der Waals surface area contributed by atoms with Crippen LogP contribution in [0.2, 0.25) is 0 Å². The molecule has 0 saturated carbocycles. The summed E-state index contributed by atoms with van der Waals surface area (Å²) in [6.45, 7) is 0.181. The molecule has 1 heterocycles. The molecule has 5 nitrogen and oxygen atoms in total. The lowest BCUT2D eigenvalue weighted by Crippen LogP contribution is -2.20. The SMILES string of the molecule is Nc1cnn(CC(=O)Nc2cccc3c2CCCC3)c1. The van der Waals surface area contributed by atoms with Crippen molar-refractivity contribution in [3.63, 3.8) is 0 Å². The first-order valence-corrected chi connectivity index (χ1v) is 6.91. The van der Waals surface area contributed by atoms with Gasteiger partial charge in [-0.2, -0.15) is 5.10 Å². The maximum atomic E-state index is 12.1. The van der Waals surface area contributed by atoms with Crippen molar-refractivity contribution in [1.82, 2.24) is 9.78 Å². The predicted molar refractivity (Wildman–Crippen MR) is 78.4 cm³/mol. The highest BCUT2D eigenvalue weighted by Crippen LogP contribution is 2.27. The van der Waals surface area contributed by atoms with Gasteiger partial charge in [0.15, 0.2) is 0 Å². The minimum Gasteiger partial charge on any atom is -0.396 e. The van der Waals surface area contributed by atoms with Crippen LogP contribution in [0.25, 0.3) is 0 Å². The molecule has 2 aromatic rings. The first kappa shape index (κ1) is 12.7. The fourth-order valence-electron chi connectivity index (χ4n) is 2.70. The second-order valence-corrected chi connectivity index (χ2v) is 5.17. The summed E-state index contributed by atoms with van der Waals surface area (Å²) in [5.74, 6) is -0.0768. The number of nitrogens with two attached hydrogens (primary N) is 1. The predicted octanol–water partition coefficient (Wildman–Crippen LogP) is 1.98. The quantitative estimate of drug-likeness (QED) is 0.895. The van der Waals surface area contributed by atoms with E-state index < -0.39 is 0 Å². The lowest BCUT2D eigenvalue weighted by Gasteiger charge is -2.19. The first-order valence-electron chi connectivity index (χ1n) is 6.91. The van der Waals surface area contributed by atoms with Crippen LogP contribution in [0.3, 0.4) is 0 Å². The van der Waals surface area contributed by atoms with Gasteiger partial charge in [0.2, 0.25) is 5.91 Å². The van der Waals surface area contributed by atoms with Crippen molar-refractivity contribution in [2.75, 3.05) is 11.1 Å². The molecule has 20 heavy (non-hydrogen) atoms. The Hall–Kier alpha value is -2.30. The topological polar surface area (TPSA) is 72.9 Å². The van der Waals surface area contributed by atoms with Gasteiger partial charge in [0.25, 0.3) is 0 Å². The third kappa shape index (κ3) is 2.66. The third-order valence-electron chi connectivity index (χ3n) is 3.63. The number of nitrogen functional groups attached to an aromatic ring is 1. The number of hydrogen-bond donors (Lipinski definition) is 2. The standard InChI is InChI=1S/C15H18N4O/c16-12-8-17-19(9-12)10-15(20)18-14-7-3-5-11-4-1-2-6-13(11)14/h3,5,7-9H,1-2,4,6,10,16H2,(H,18,20). The van der Waals surface area contributed by atoms with E-state index in [-0.39, 0.29) is 12.5 Å². The van der Waals surface area contributed by atoms with Crippen molar-refractivity contribution in [2.24, 2.45) is 0 Å². The number of carbonyl (C=O) groups excluding carboxylic acids is 1. The normalized spacial score (nSPS) is 13.8. The molecule has 104 valence electrons. The van der Waals surface area contributed by atoms with Gasteiger partial charge in [0.05, 0.1) is 11.9 Å². The Morgan fingerprint density at radius 1 is 1.35 bits per heavy atom. The second-order valence-electron chi connectivity index (χ2n) is 5.17. The van der Waals surface area contributed by atoms with Crippen molar-refractivity contribution < 1.29 is 4.79 Å². The van der Waals surface area contributed by atoms with Crippen LogP contribution in [0.4, 0.5) is 11.4 Å². The zero-order valence-corrected chi connectivity index (χ0v) is 11.3. The summed E-state index contributed by atoms with van der Waals surface area (Å²) in [5, 5.41) is 7.00. The molecule has 0 atom stereocenters. The van der Waals surface area contributed by atoms with Crippen LogP contribution < -0.4 is 11.1 Å². The number of hydrogen-bond acceptors (Lipinski definition) is 3. The molecule has 1 aromatic carbocycles. The highest BCUT2D eigenvalue weighted by atomic mass is 16.2. The van der Waals surface area contributed by atoms with Crippen LogP contribution in [0.5, 0.6) is 0 Å². The van der Waals surface area contributed by atoms with Crippen LogP contribution in [0.15, 0.2) is 30.6 Å². The molecule has 3 N–H and O–H groups in total. The average molecular weight is 270 g/mol. The maximum absolute atomic E-state index is 12.1. The van der Waals surface area contributed by atoms with E-state index in [4.69, 9.17) is 5.73 Å². The fourth-order valence-corrected chi connectivity index (χ4v) is 2.70. The maximum Gasteiger partial charge on any atom is 0.246 e. The van der Waals surface area contributed by atoms with E-state index in [0.29, 0.717) is 5.69 Å². The van der Waals surface area contributed by atoms with Gasteiger partial charge in [-0.15, -0.1) is 0 Å². The minimum atomic E-state index is -0.0768. The Kier molecular flexibility index (Phi) is 3.41. The van der Waals surface area contributed by atoms with Gasteiger partial charge in [0, 0.05) is 11.9 Å². The Morgan fingerprint density at radius 3 is 3.00 bits per heavy atom. The summed E-state index contributed by atoms with van der Waals surface area (Å²) in [6, 6.07) is 6.13. The second kappa shape index (κ2) is 5.36. The van der Waals surface area contributed by atoms with Crippen molar-refractivity contribution in [3.8, 4) is 0 Å². The number of nitrogens with zero attached hydrogens (tertiary/aromatic N) is 2. The first-order chi connectivity index (χ1) is 9.72. The van der Waals surface area contributed by atoms with E-state index in [0.717, 1.165) is 18.5 Å². The van der Waals surface area contributed by atoms with E-state index in [9.17, 15) is 4.79 Å². The van der Waals surface area contributed by atoms with Crippen LogP contribution in [0, 0.1) is 0 Å². The van der Waals surface area contributed by atoms with Crippen LogP contribution >= 0.6 is 0 Å². The number of aryl methyl sites for hydroxylation is 1. The molecule has 0 bridgehead atoms. The molecule has 0 aliphatic heterocycles. The molecule has 1 aromatic heterocycles. The smallest absolute Gasteiger partial charge is 0.246 e. The van der Waals surface area contributed by atoms with E-state index in [1.165, 1.54) is 30.2 Å². The molecular formula is C15H18N4O. The molecule has 1 amide bonds. The van der Waals surface area contributed by atoms with Crippen molar-refractivity contribution in [1.29, 1.82) is 0 Å². The number of anilines is 2. The average Bonchev–Trinajstić information content (AvgIpc) is 2.84. The molecule has 3 rings (SSSR count). The molecule has 1 aliphatic rings. The number of fused-ring (bicyclic) bond motifs is 1. The third-order valence-corrected chi connectivity index (χ3v) is 3.63. The van der Waals surface area contributed by atoms with Crippen molar-refractivity contribution >= 4 is 17.3 Å². The van der Waals surface area contributed by atoms with Gasteiger partial charge < -0.3 is 11.1 Å². The van der Waals surface area contributed by atoms with Crippen molar-refractivity contribution in [3.05, 3.63) is 41.7 Å². The summed E-state index contributed by atoms with van der Waals surface area (Å²) in [7, 11) is 0. The number of nitrogens with one attached hydrogen (secondary N) is 1. The number of amides is 1. The highest BCUT2D eigenvalue weighted by molar-refractivity contribution is 5.91. The zero-order valence-electron chi connectivity index (χ0n) is 11.3. The van der Waals surface area contributed by atoms with Crippen molar-refractivity contribution in [2.45, 2.75) is 32.2 Å². The monoisotopic (exact) mass is 270 g/mol. The van der Waals surface area contributed by atoms with Gasteiger partial charge >= 0.3 is 0 Å². The minimum absolute atomic E-state index is 0.0768. The highest BCUT2D eigenvalue weighted by Gasteiger charge is 2.14. The molecule has 0 saturated heterocycles. The lowest BCUT2D eigenvalue weighted by molar-refractivity contribution is -0.116. The number of benzene rings is 1. The molecule has 0 spiro atoms. The van der Waals surface area contributed by atoms with Gasteiger partial charge in [0.1, 0.15) is 6.54 Å². The number of carbonyl (C=O) groups is 1. The molecule has 0 unspecified atom stereocenters. The Morgan fingerprint density at radius 2 is 2.20 bits per heavy atom. The molecule has 0 fully saturated rings. The Bertz CT molecular complexity index is 633. The largest absolute Gasteiger partial charge is 0.396 e. The van der Waals surface area contributed by atoms with Gasteiger partial charge in [-0.3, -0.25) is 9.48 Å². The van der Waals surface area contributed by atoms with E-state index >= 15 is 0 Å². The lowest BCUT2D eigenvalue weighted by atomic mass is 9.90. The fraction of sp³-hybridized carbons (Fsp3) is 0.333. The summed E-state index contributed by atoms with van der Waals surface area (Å²) >= 11 is 0. The Labute approximate surface area is 117 Å². The Balaban J connectivity index is 1.73. The summed E-state index contributed by atoms with van der Waals surface area (Å²) < 4.78 is 1.54. The number of rotatable bonds is 3.